The van der Waals surface area contributed by atoms with Crippen LogP contribution in [-0.2, 0) is 0 Å². The average molecular weight is 487 g/mol. The highest BCUT2D eigenvalue weighted by molar-refractivity contribution is 8.91. The molecule has 0 heterocycles. The Kier molecular flexibility index (Phi) is 21.3. The Bertz CT molecular complexity index is 331. The molecule has 0 aliphatic heterocycles. The van der Waals surface area contributed by atoms with Crippen molar-refractivity contribution >= 4 is 76.3 Å². The molecule has 0 aliphatic carbocycles. The van der Waals surface area contributed by atoms with E-state index in [0.29, 0.717) is 0 Å². The van der Waals surface area contributed by atoms with Crippen molar-refractivity contribution in [2.45, 2.75) is 79.1 Å². The van der Waals surface area contributed by atoms with Gasteiger partial charge in [0.05, 0.1) is 5.08 Å². The van der Waals surface area contributed by atoms with Gasteiger partial charge in [0.25, 0.3) is 0 Å². The molecule has 2 nitrogen and oxygen atoms in total. The molecular formula is C19H38N2S6. The lowest BCUT2D eigenvalue weighted by Gasteiger charge is -2.24. The van der Waals surface area contributed by atoms with E-state index in [1.165, 1.54) is 51.4 Å². The minimum absolute atomic E-state index is 1.00. The van der Waals surface area contributed by atoms with Gasteiger partial charge < -0.3 is 9.80 Å². The summed E-state index contributed by atoms with van der Waals surface area (Å²) in [5, 5.41) is 1.00. The van der Waals surface area contributed by atoms with Crippen molar-refractivity contribution < 1.29 is 0 Å². The van der Waals surface area contributed by atoms with E-state index in [9.17, 15) is 0 Å². The van der Waals surface area contributed by atoms with Crippen LogP contribution >= 0.6 is 67.6 Å². The summed E-state index contributed by atoms with van der Waals surface area (Å²) < 4.78 is 2.09. The summed E-state index contributed by atoms with van der Waals surface area (Å²) in [6, 6.07) is 0. The fourth-order valence-electron chi connectivity index (χ4n) is 2.26. The van der Waals surface area contributed by atoms with Gasteiger partial charge in [-0.3, -0.25) is 0 Å². The molecule has 0 amide bonds. The molecule has 0 atom stereocenters. The SMILES string of the molecule is CCCCN(CCCC)C(=S)SSCSSC(=S)N(CCCC)CCCC. The molecule has 160 valence electrons. The lowest BCUT2D eigenvalue weighted by atomic mass is 10.3. The van der Waals surface area contributed by atoms with E-state index in [-0.39, 0.29) is 0 Å². The zero-order valence-electron chi connectivity index (χ0n) is 17.5. The predicted octanol–water partition coefficient (Wildman–Crippen LogP) is 8.08. The first-order valence-electron chi connectivity index (χ1n) is 10.3. The Morgan fingerprint density at radius 2 is 0.889 bits per heavy atom. The molecule has 8 heteroatoms. The van der Waals surface area contributed by atoms with Gasteiger partial charge in [-0.1, -0.05) is 99.4 Å². The zero-order valence-corrected chi connectivity index (χ0v) is 22.4. The fraction of sp³-hybridized carbons (Fsp3) is 0.895. The summed E-state index contributed by atoms with van der Waals surface area (Å²) in [6.45, 7) is 13.3. The normalized spacial score (nSPS) is 10.8. The number of nitrogens with zero attached hydrogens (tertiary/aromatic N) is 2. The van der Waals surface area contributed by atoms with Crippen molar-refractivity contribution in [3.05, 3.63) is 0 Å². The third-order valence-corrected chi connectivity index (χ3v) is 10.8. The molecule has 0 aromatic carbocycles. The van der Waals surface area contributed by atoms with Crippen LogP contribution in [0.15, 0.2) is 0 Å². The van der Waals surface area contributed by atoms with Gasteiger partial charge >= 0.3 is 0 Å². The van der Waals surface area contributed by atoms with Crippen LogP contribution in [0, 0.1) is 0 Å². The molecule has 0 saturated carbocycles. The molecular weight excluding hydrogens is 449 g/mol. The van der Waals surface area contributed by atoms with Crippen molar-refractivity contribution in [2.24, 2.45) is 0 Å². The van der Waals surface area contributed by atoms with E-state index in [2.05, 4.69) is 37.5 Å². The summed E-state index contributed by atoms with van der Waals surface area (Å²) in [4.78, 5) is 4.78. The van der Waals surface area contributed by atoms with E-state index in [0.717, 1.165) is 39.9 Å². The summed E-state index contributed by atoms with van der Waals surface area (Å²) in [5.41, 5.74) is 0. The Morgan fingerprint density at radius 1 is 0.593 bits per heavy atom. The maximum atomic E-state index is 5.66. The quantitative estimate of drug-likeness (QED) is 0.0922. The molecule has 0 unspecified atom stereocenters. The van der Waals surface area contributed by atoms with Crippen molar-refractivity contribution in [2.75, 3.05) is 31.3 Å². The van der Waals surface area contributed by atoms with Crippen LogP contribution in [0.1, 0.15) is 79.1 Å². The molecule has 27 heavy (non-hydrogen) atoms. The van der Waals surface area contributed by atoms with E-state index in [1.807, 2.05) is 21.6 Å². The first-order valence-corrected chi connectivity index (χ1v) is 15.7. The van der Waals surface area contributed by atoms with E-state index in [1.54, 1.807) is 21.6 Å². The number of hydrogen-bond acceptors (Lipinski definition) is 6. The Labute approximate surface area is 195 Å². The molecule has 0 rings (SSSR count). The Balaban J connectivity index is 4.10. The van der Waals surface area contributed by atoms with Crippen LogP contribution in [0.5, 0.6) is 0 Å². The van der Waals surface area contributed by atoms with Crippen molar-refractivity contribution in [3.63, 3.8) is 0 Å². The van der Waals surface area contributed by atoms with Crippen LogP contribution < -0.4 is 0 Å². The van der Waals surface area contributed by atoms with Crippen molar-refractivity contribution in [1.29, 1.82) is 0 Å². The number of rotatable bonds is 16. The fourth-order valence-corrected chi connectivity index (χ4v) is 8.33. The topological polar surface area (TPSA) is 6.48 Å². The van der Waals surface area contributed by atoms with Gasteiger partial charge in [0, 0.05) is 26.2 Å². The van der Waals surface area contributed by atoms with Gasteiger partial charge in [0.15, 0.2) is 0 Å². The number of thiocarbonyl (C=S) groups is 2. The third-order valence-electron chi connectivity index (χ3n) is 4.00. The second-order valence-corrected chi connectivity index (χ2v) is 12.7. The zero-order chi connectivity index (χ0) is 20.3. The standard InChI is InChI=1S/C19H38N2S6/c1-5-9-13-20(14-10-6-2)18(22)26-24-17-25-27-19(23)21(15-11-7-3)16-12-8-4/h5-17H2,1-4H3. The Hall–Kier alpha value is 1.18. The summed E-state index contributed by atoms with van der Waals surface area (Å²) in [7, 11) is 7.20. The van der Waals surface area contributed by atoms with Crippen LogP contribution in [0.4, 0.5) is 0 Å². The monoisotopic (exact) mass is 486 g/mol. The van der Waals surface area contributed by atoms with Gasteiger partial charge in [-0.15, -0.1) is 0 Å². The molecule has 0 N–H and O–H groups in total. The van der Waals surface area contributed by atoms with Crippen LogP contribution in [0.3, 0.4) is 0 Å². The summed E-state index contributed by atoms with van der Waals surface area (Å²) in [6.07, 6.45) is 9.77. The average Bonchev–Trinajstić information content (AvgIpc) is 2.67. The highest BCUT2D eigenvalue weighted by Gasteiger charge is 2.12. The number of unbranched alkanes of at least 4 members (excludes halogenated alkanes) is 4. The first kappa shape index (κ1) is 28.2. The summed E-state index contributed by atoms with van der Waals surface area (Å²) >= 11 is 11.3. The van der Waals surface area contributed by atoms with Crippen molar-refractivity contribution in [1.82, 2.24) is 9.80 Å². The smallest absolute Gasteiger partial charge is 0.147 e. The molecule has 0 spiro atoms. The van der Waals surface area contributed by atoms with Crippen molar-refractivity contribution in [3.8, 4) is 0 Å². The predicted molar refractivity (Wildman–Crippen MR) is 143 cm³/mol. The molecule has 0 radical (unpaired) electrons. The molecule has 0 bridgehead atoms. The van der Waals surface area contributed by atoms with Crippen LogP contribution in [-0.4, -0.2) is 49.7 Å². The largest absolute Gasteiger partial charge is 0.357 e. The van der Waals surface area contributed by atoms with Crippen LogP contribution in [0.25, 0.3) is 0 Å². The molecule has 0 aliphatic rings. The van der Waals surface area contributed by atoms with Gasteiger partial charge in [0.1, 0.15) is 8.64 Å². The summed E-state index contributed by atoms with van der Waals surface area (Å²) in [5.74, 6) is 0. The lowest BCUT2D eigenvalue weighted by molar-refractivity contribution is 0.411. The molecule has 0 fully saturated rings. The minimum atomic E-state index is 1.00. The second kappa shape index (κ2) is 20.5. The second-order valence-electron chi connectivity index (χ2n) is 6.44. The Morgan fingerprint density at radius 3 is 1.15 bits per heavy atom. The van der Waals surface area contributed by atoms with Gasteiger partial charge in [-0.2, -0.15) is 0 Å². The highest BCUT2D eigenvalue weighted by atomic mass is 33.1. The minimum Gasteiger partial charge on any atom is -0.357 e. The number of hydrogen-bond donors (Lipinski definition) is 0. The van der Waals surface area contributed by atoms with E-state index < -0.39 is 0 Å². The highest BCUT2D eigenvalue weighted by Crippen LogP contribution is 2.35. The van der Waals surface area contributed by atoms with E-state index >= 15 is 0 Å². The van der Waals surface area contributed by atoms with Gasteiger partial charge in [0.2, 0.25) is 0 Å². The van der Waals surface area contributed by atoms with Gasteiger partial charge in [-0.05, 0) is 47.3 Å². The first-order chi connectivity index (χ1) is 13.1. The maximum Gasteiger partial charge on any atom is 0.147 e. The lowest BCUT2D eigenvalue weighted by Crippen LogP contribution is -2.29. The maximum absolute atomic E-state index is 5.66. The third kappa shape index (κ3) is 15.7. The molecule has 0 saturated heterocycles. The van der Waals surface area contributed by atoms with E-state index in [4.69, 9.17) is 24.4 Å². The van der Waals surface area contributed by atoms with Crippen LogP contribution in [0.2, 0.25) is 0 Å². The molecule has 0 aromatic rings. The van der Waals surface area contributed by atoms with Gasteiger partial charge in [-0.25, -0.2) is 0 Å². The molecule has 0 aromatic heterocycles.